The summed E-state index contributed by atoms with van der Waals surface area (Å²) in [5.74, 6) is 1.46. The largest absolute Gasteiger partial charge is 0.358 e. The molecule has 1 aromatic heterocycles. The monoisotopic (exact) mass is 295 g/mol. The summed E-state index contributed by atoms with van der Waals surface area (Å²) in [6.07, 6.45) is 2.81. The molecule has 3 N–H and O–H groups in total. The van der Waals surface area contributed by atoms with E-state index >= 15 is 0 Å². The summed E-state index contributed by atoms with van der Waals surface area (Å²) < 4.78 is 1.78. The quantitative estimate of drug-likeness (QED) is 0.557. The fraction of sp³-hybridized carbons (Fsp3) is 0.583. The highest BCUT2D eigenvalue weighted by atomic mass is 32.1. The minimum absolute atomic E-state index is 0.351. The summed E-state index contributed by atoms with van der Waals surface area (Å²) in [5, 5.41) is 13.9. The van der Waals surface area contributed by atoms with Gasteiger partial charge in [-0.05, 0) is 39.4 Å². The Morgan fingerprint density at radius 3 is 2.90 bits per heavy atom. The van der Waals surface area contributed by atoms with E-state index in [1.807, 2.05) is 11.9 Å². The highest BCUT2D eigenvalue weighted by Crippen LogP contribution is 2.20. The van der Waals surface area contributed by atoms with Crippen LogP contribution in [-0.4, -0.2) is 38.6 Å². The smallest absolute Gasteiger partial charge is 0.261 e. The van der Waals surface area contributed by atoms with E-state index in [2.05, 4.69) is 46.8 Å². The lowest BCUT2D eigenvalue weighted by molar-refractivity contribution is 0.622. The number of rotatable bonds is 4. The summed E-state index contributed by atoms with van der Waals surface area (Å²) in [6.45, 7) is 10.4. The first-order valence-electron chi connectivity index (χ1n) is 6.66. The third-order valence-corrected chi connectivity index (χ3v) is 3.37. The Kier molecular flexibility index (Phi) is 4.56. The highest BCUT2D eigenvalue weighted by Gasteiger charge is 2.30. The minimum atomic E-state index is 0.351. The van der Waals surface area contributed by atoms with E-state index in [0.29, 0.717) is 29.7 Å². The van der Waals surface area contributed by atoms with Gasteiger partial charge < -0.3 is 5.32 Å². The van der Waals surface area contributed by atoms with Crippen molar-refractivity contribution in [3.63, 3.8) is 0 Å². The second-order valence-corrected chi connectivity index (χ2v) is 5.39. The average molecular weight is 295 g/mol. The van der Waals surface area contributed by atoms with Gasteiger partial charge in [0.2, 0.25) is 0 Å². The van der Waals surface area contributed by atoms with Crippen molar-refractivity contribution in [1.82, 2.24) is 25.6 Å². The number of nitrogens with zero attached hydrogens (tertiary/aromatic N) is 4. The molecule has 20 heavy (non-hydrogen) atoms. The maximum Gasteiger partial charge on any atom is 0.261 e. The molecule has 8 heteroatoms. The summed E-state index contributed by atoms with van der Waals surface area (Å²) >= 11 is 5.23. The molecule has 2 unspecified atom stereocenters. The second kappa shape index (κ2) is 6.19. The maximum absolute atomic E-state index is 5.23. The molecule has 0 radical (unpaired) electrons. The van der Waals surface area contributed by atoms with Crippen LogP contribution in [0.3, 0.4) is 0 Å². The molecule has 110 valence electrons. The zero-order valence-electron chi connectivity index (χ0n) is 12.1. The Labute approximate surface area is 124 Å². The van der Waals surface area contributed by atoms with Crippen molar-refractivity contribution < 1.29 is 0 Å². The third kappa shape index (κ3) is 3.07. The van der Waals surface area contributed by atoms with Gasteiger partial charge in [-0.1, -0.05) is 6.08 Å². The molecule has 2 heterocycles. The zero-order chi connectivity index (χ0) is 14.7. The molecular weight excluding hydrogens is 274 g/mol. The molecule has 2 rings (SSSR count). The Morgan fingerprint density at radius 2 is 2.30 bits per heavy atom. The van der Waals surface area contributed by atoms with Crippen LogP contribution in [0.5, 0.6) is 0 Å². The van der Waals surface area contributed by atoms with Crippen molar-refractivity contribution in [1.29, 1.82) is 0 Å². The molecule has 1 fully saturated rings. The Balaban J connectivity index is 2.15. The van der Waals surface area contributed by atoms with Gasteiger partial charge >= 0.3 is 0 Å². The first kappa shape index (κ1) is 14.7. The molecule has 0 aliphatic carbocycles. The van der Waals surface area contributed by atoms with Crippen molar-refractivity contribution in [3.05, 3.63) is 18.5 Å². The Hall–Kier alpha value is -1.67. The van der Waals surface area contributed by atoms with Crippen molar-refractivity contribution in [2.45, 2.75) is 39.3 Å². The number of hydrazine groups is 1. The van der Waals surface area contributed by atoms with Crippen molar-refractivity contribution in [2.24, 2.45) is 0 Å². The van der Waals surface area contributed by atoms with E-state index in [9.17, 15) is 0 Å². The molecule has 0 aromatic carbocycles. The van der Waals surface area contributed by atoms with Crippen LogP contribution in [0.25, 0.3) is 0 Å². The summed E-state index contributed by atoms with van der Waals surface area (Å²) in [4.78, 5) is 0. The van der Waals surface area contributed by atoms with Crippen LogP contribution in [0.2, 0.25) is 0 Å². The fourth-order valence-corrected chi connectivity index (χ4v) is 2.41. The van der Waals surface area contributed by atoms with Gasteiger partial charge in [0, 0.05) is 18.6 Å². The van der Waals surface area contributed by atoms with Gasteiger partial charge in [0.1, 0.15) is 0 Å². The van der Waals surface area contributed by atoms with E-state index in [0.717, 1.165) is 12.2 Å². The predicted molar refractivity (Wildman–Crippen MR) is 84.1 cm³/mol. The number of aryl methyl sites for hydroxylation is 1. The van der Waals surface area contributed by atoms with Crippen LogP contribution in [0.4, 0.5) is 5.95 Å². The summed E-state index contributed by atoms with van der Waals surface area (Å²) in [7, 11) is 0. The van der Waals surface area contributed by atoms with Crippen LogP contribution in [0.15, 0.2) is 12.7 Å². The average Bonchev–Trinajstić information content (AvgIpc) is 2.91. The molecule has 1 aliphatic heterocycles. The molecular formula is C12H21N7S. The number of aromatic nitrogens is 3. The highest BCUT2D eigenvalue weighted by molar-refractivity contribution is 7.80. The van der Waals surface area contributed by atoms with Gasteiger partial charge in [-0.2, -0.15) is 0 Å². The molecule has 7 nitrogen and oxygen atoms in total. The zero-order valence-corrected chi connectivity index (χ0v) is 12.9. The second-order valence-electron chi connectivity index (χ2n) is 4.98. The normalized spacial score (nSPS) is 21.9. The predicted octanol–water partition coefficient (Wildman–Crippen LogP) is 0.682. The number of thiocarbonyl (C=S) groups is 1. The fourth-order valence-electron chi connectivity index (χ4n) is 2.23. The lowest BCUT2D eigenvalue weighted by Crippen LogP contribution is -2.42. The number of hydrogen-bond acceptors (Lipinski definition) is 5. The van der Waals surface area contributed by atoms with Crippen LogP contribution < -0.4 is 21.2 Å². The Morgan fingerprint density at radius 1 is 1.55 bits per heavy atom. The molecule has 1 aliphatic rings. The van der Waals surface area contributed by atoms with Gasteiger partial charge in [-0.3, -0.25) is 10.4 Å². The number of nitrogens with one attached hydrogen (secondary N) is 3. The SMILES string of the molecule is C=CCNC(=S)Nn1c(C)nnc1N1NC(C)CC1C. The van der Waals surface area contributed by atoms with Gasteiger partial charge in [0.05, 0.1) is 0 Å². The van der Waals surface area contributed by atoms with Crippen molar-refractivity contribution >= 4 is 23.3 Å². The van der Waals surface area contributed by atoms with Gasteiger partial charge in [0.15, 0.2) is 10.9 Å². The van der Waals surface area contributed by atoms with Crippen molar-refractivity contribution in [2.75, 3.05) is 17.0 Å². The summed E-state index contributed by atoms with van der Waals surface area (Å²) in [6, 6.07) is 0.769. The van der Waals surface area contributed by atoms with Gasteiger partial charge in [0.25, 0.3) is 5.95 Å². The molecule has 0 spiro atoms. The van der Waals surface area contributed by atoms with E-state index in [1.54, 1.807) is 10.8 Å². The van der Waals surface area contributed by atoms with Gasteiger partial charge in [-0.25, -0.2) is 10.1 Å². The lowest BCUT2D eigenvalue weighted by atomic mass is 10.2. The topological polar surface area (TPSA) is 70.0 Å². The molecule has 1 saturated heterocycles. The molecule has 1 aromatic rings. The van der Waals surface area contributed by atoms with Crippen LogP contribution in [0, 0.1) is 6.92 Å². The standard InChI is InChI=1S/C12H21N7S/c1-5-6-13-11(20)17-19-10(4)14-15-12(19)18-9(3)7-8(2)16-18/h5,8-9,16H,1,6-7H2,2-4H3,(H2,13,17,20). The molecule has 2 atom stereocenters. The third-order valence-electron chi connectivity index (χ3n) is 3.14. The molecule has 0 saturated carbocycles. The van der Waals surface area contributed by atoms with Crippen LogP contribution in [-0.2, 0) is 0 Å². The number of hydrogen-bond donors (Lipinski definition) is 3. The van der Waals surface area contributed by atoms with E-state index in [4.69, 9.17) is 12.2 Å². The van der Waals surface area contributed by atoms with E-state index in [-0.39, 0.29) is 0 Å². The first-order chi connectivity index (χ1) is 9.52. The minimum Gasteiger partial charge on any atom is -0.358 e. The lowest BCUT2D eigenvalue weighted by Gasteiger charge is -2.23. The first-order valence-corrected chi connectivity index (χ1v) is 7.07. The van der Waals surface area contributed by atoms with Crippen molar-refractivity contribution in [3.8, 4) is 0 Å². The molecule has 0 amide bonds. The molecule has 0 bridgehead atoms. The number of anilines is 1. The van der Waals surface area contributed by atoms with E-state index in [1.165, 1.54) is 0 Å². The van der Waals surface area contributed by atoms with E-state index < -0.39 is 0 Å². The van der Waals surface area contributed by atoms with Crippen LogP contribution in [0.1, 0.15) is 26.1 Å². The van der Waals surface area contributed by atoms with Gasteiger partial charge in [-0.15, -0.1) is 16.8 Å². The summed E-state index contributed by atoms with van der Waals surface area (Å²) in [5.41, 5.74) is 6.47. The Bertz CT molecular complexity index is 498. The maximum atomic E-state index is 5.23. The van der Waals surface area contributed by atoms with Crippen LogP contribution >= 0.6 is 12.2 Å².